The van der Waals surface area contributed by atoms with Gasteiger partial charge in [0, 0.05) is 29.1 Å². The van der Waals surface area contributed by atoms with Crippen LogP contribution in [0.2, 0.25) is 0 Å². The predicted octanol–water partition coefficient (Wildman–Crippen LogP) is 3.80. The molecule has 0 radical (unpaired) electrons. The maximum absolute atomic E-state index is 13.3. The molecule has 0 fully saturated rings. The lowest BCUT2D eigenvalue weighted by Gasteiger charge is -2.04. The molecule has 4 rings (SSSR count). The van der Waals surface area contributed by atoms with E-state index in [9.17, 15) is 9.18 Å². The van der Waals surface area contributed by atoms with Gasteiger partial charge in [-0.25, -0.2) is 8.91 Å². The third-order valence-corrected chi connectivity index (χ3v) is 4.10. The molecule has 0 bridgehead atoms. The van der Waals surface area contributed by atoms with Crippen LogP contribution >= 0.6 is 0 Å². The first kappa shape index (κ1) is 14.4. The van der Waals surface area contributed by atoms with E-state index >= 15 is 0 Å². The highest BCUT2D eigenvalue weighted by atomic mass is 19.1. The van der Waals surface area contributed by atoms with Gasteiger partial charge in [-0.05, 0) is 55.0 Å². The van der Waals surface area contributed by atoms with Gasteiger partial charge in [0.2, 0.25) is 0 Å². The molecular formula is C19H14FN3O. The van der Waals surface area contributed by atoms with Crippen LogP contribution in [-0.4, -0.2) is 14.6 Å². The molecule has 0 aliphatic heterocycles. The summed E-state index contributed by atoms with van der Waals surface area (Å²) in [5.41, 5.74) is 4.73. The summed E-state index contributed by atoms with van der Waals surface area (Å²) in [6.45, 7) is 1.78. The fourth-order valence-corrected chi connectivity index (χ4v) is 2.87. The quantitative estimate of drug-likeness (QED) is 0.611. The molecule has 0 aliphatic carbocycles. The molecule has 0 amide bonds. The average molecular weight is 319 g/mol. The van der Waals surface area contributed by atoms with Crippen molar-refractivity contribution in [3.8, 4) is 22.4 Å². The van der Waals surface area contributed by atoms with Gasteiger partial charge < -0.3 is 0 Å². The van der Waals surface area contributed by atoms with E-state index in [1.54, 1.807) is 31.5 Å². The van der Waals surface area contributed by atoms with Gasteiger partial charge in [0.15, 0.2) is 0 Å². The summed E-state index contributed by atoms with van der Waals surface area (Å²) >= 11 is 0. The largest absolute Gasteiger partial charge is 0.290 e. The maximum Gasteiger partial charge on any atom is 0.272 e. The number of aromatic nitrogens is 3. The number of fused-ring (bicyclic) bond motifs is 1. The van der Waals surface area contributed by atoms with Crippen molar-refractivity contribution in [2.24, 2.45) is 0 Å². The van der Waals surface area contributed by atoms with E-state index in [0.29, 0.717) is 5.56 Å². The highest BCUT2D eigenvalue weighted by molar-refractivity contribution is 5.92. The van der Waals surface area contributed by atoms with Crippen LogP contribution in [-0.2, 0) is 0 Å². The van der Waals surface area contributed by atoms with Crippen molar-refractivity contribution in [3.05, 3.63) is 82.7 Å². The van der Waals surface area contributed by atoms with Crippen molar-refractivity contribution < 1.29 is 4.39 Å². The van der Waals surface area contributed by atoms with Crippen molar-refractivity contribution in [1.82, 2.24) is 14.6 Å². The molecule has 1 aromatic carbocycles. The molecule has 4 nitrogen and oxygen atoms in total. The summed E-state index contributed by atoms with van der Waals surface area (Å²) in [4.78, 5) is 16.5. The lowest BCUT2D eigenvalue weighted by atomic mass is 10.0. The third-order valence-electron chi connectivity index (χ3n) is 4.10. The molecule has 0 unspecified atom stereocenters. The van der Waals surface area contributed by atoms with Gasteiger partial charge in [0.05, 0.1) is 11.2 Å². The lowest BCUT2D eigenvalue weighted by Crippen LogP contribution is -2.15. The van der Waals surface area contributed by atoms with Gasteiger partial charge in [-0.3, -0.25) is 14.9 Å². The first-order chi connectivity index (χ1) is 11.6. The monoisotopic (exact) mass is 319 g/mol. The zero-order chi connectivity index (χ0) is 16.7. The minimum absolute atomic E-state index is 0.101. The van der Waals surface area contributed by atoms with Gasteiger partial charge in [-0.2, -0.15) is 0 Å². The Morgan fingerprint density at radius 1 is 0.958 bits per heavy atom. The molecule has 0 saturated heterocycles. The number of hydrogen-bond acceptors (Lipinski definition) is 2. The Labute approximate surface area is 137 Å². The average Bonchev–Trinajstić information content (AvgIpc) is 3.00. The number of H-pyrrole nitrogens is 1. The normalized spacial score (nSPS) is 11.1. The number of benzene rings is 1. The fourth-order valence-electron chi connectivity index (χ4n) is 2.87. The molecule has 0 atom stereocenters. The van der Waals surface area contributed by atoms with Crippen molar-refractivity contribution >= 4 is 5.52 Å². The van der Waals surface area contributed by atoms with Crippen LogP contribution in [0.3, 0.4) is 0 Å². The molecule has 0 spiro atoms. The standard InChI is InChI=1S/C19H14FN3O/c1-12-2-7-16-17(13-8-10-21-11-9-13)18(22-23(16)19(12)24)14-3-5-15(20)6-4-14/h2-11,22H,1H3. The van der Waals surface area contributed by atoms with Crippen LogP contribution in [0.5, 0.6) is 0 Å². The molecule has 3 heterocycles. The molecule has 3 aromatic heterocycles. The maximum atomic E-state index is 13.3. The number of aryl methyl sites for hydroxylation is 1. The van der Waals surface area contributed by atoms with Crippen LogP contribution in [0.1, 0.15) is 5.56 Å². The van der Waals surface area contributed by atoms with Crippen LogP contribution in [0.4, 0.5) is 4.39 Å². The van der Waals surface area contributed by atoms with Gasteiger partial charge in [0.25, 0.3) is 5.56 Å². The van der Waals surface area contributed by atoms with E-state index < -0.39 is 0 Å². The van der Waals surface area contributed by atoms with Crippen molar-refractivity contribution in [1.29, 1.82) is 0 Å². The number of rotatable bonds is 2. The van der Waals surface area contributed by atoms with Gasteiger partial charge in [-0.15, -0.1) is 0 Å². The third kappa shape index (κ3) is 2.22. The van der Waals surface area contributed by atoms with Gasteiger partial charge >= 0.3 is 0 Å². The molecule has 24 heavy (non-hydrogen) atoms. The minimum Gasteiger partial charge on any atom is -0.290 e. The second-order valence-electron chi connectivity index (χ2n) is 5.65. The number of nitrogens with one attached hydrogen (secondary N) is 1. The molecule has 118 valence electrons. The second-order valence-corrected chi connectivity index (χ2v) is 5.65. The Balaban J connectivity index is 2.10. The predicted molar refractivity (Wildman–Crippen MR) is 91.4 cm³/mol. The van der Waals surface area contributed by atoms with Crippen molar-refractivity contribution in [2.75, 3.05) is 0 Å². The Kier molecular flexibility index (Phi) is 3.27. The highest BCUT2D eigenvalue weighted by Crippen LogP contribution is 2.34. The smallest absolute Gasteiger partial charge is 0.272 e. The first-order valence-corrected chi connectivity index (χ1v) is 7.56. The zero-order valence-electron chi connectivity index (χ0n) is 13.0. The number of hydrogen-bond donors (Lipinski definition) is 1. The Hall–Kier alpha value is -3.21. The molecule has 1 N–H and O–H groups in total. The van der Waals surface area contributed by atoms with E-state index in [4.69, 9.17) is 0 Å². The minimum atomic E-state index is -0.298. The Morgan fingerprint density at radius 2 is 1.67 bits per heavy atom. The van der Waals surface area contributed by atoms with Gasteiger partial charge in [0.1, 0.15) is 5.82 Å². The summed E-state index contributed by atoms with van der Waals surface area (Å²) in [5, 5.41) is 3.17. The summed E-state index contributed by atoms with van der Waals surface area (Å²) in [5.74, 6) is -0.298. The second kappa shape index (κ2) is 5.45. The van der Waals surface area contributed by atoms with Crippen LogP contribution in [0.25, 0.3) is 27.9 Å². The van der Waals surface area contributed by atoms with Crippen molar-refractivity contribution in [3.63, 3.8) is 0 Å². The topological polar surface area (TPSA) is 50.2 Å². The van der Waals surface area contributed by atoms with Crippen LogP contribution < -0.4 is 5.56 Å². The molecule has 5 heteroatoms. The molecule has 0 saturated carbocycles. The van der Waals surface area contributed by atoms with Crippen molar-refractivity contribution in [2.45, 2.75) is 6.92 Å². The van der Waals surface area contributed by atoms with E-state index in [-0.39, 0.29) is 11.4 Å². The molecule has 0 aliphatic rings. The summed E-state index contributed by atoms with van der Waals surface area (Å²) in [6.07, 6.45) is 3.42. The number of halogens is 1. The van der Waals surface area contributed by atoms with Crippen LogP contribution in [0.15, 0.2) is 65.7 Å². The van der Waals surface area contributed by atoms with E-state index in [2.05, 4.69) is 10.1 Å². The lowest BCUT2D eigenvalue weighted by molar-refractivity contribution is 0.628. The summed E-state index contributed by atoms with van der Waals surface area (Å²) in [7, 11) is 0. The van der Waals surface area contributed by atoms with E-state index in [0.717, 1.165) is 27.9 Å². The first-order valence-electron chi connectivity index (χ1n) is 7.56. The fraction of sp³-hybridized carbons (Fsp3) is 0.0526. The van der Waals surface area contributed by atoms with E-state index in [1.165, 1.54) is 16.6 Å². The SMILES string of the molecule is Cc1ccc2c(-c3ccncc3)c(-c3ccc(F)cc3)[nH]n2c1=O. The zero-order valence-corrected chi connectivity index (χ0v) is 13.0. The number of aromatic amines is 1. The number of nitrogens with zero attached hydrogens (tertiary/aromatic N) is 2. The Bertz CT molecular complexity index is 1080. The van der Waals surface area contributed by atoms with E-state index in [1.807, 2.05) is 24.3 Å². The Morgan fingerprint density at radius 3 is 2.38 bits per heavy atom. The highest BCUT2D eigenvalue weighted by Gasteiger charge is 2.16. The van der Waals surface area contributed by atoms with Crippen LogP contribution in [0, 0.1) is 12.7 Å². The summed E-state index contributed by atoms with van der Waals surface area (Å²) in [6, 6.07) is 13.7. The molecule has 4 aromatic rings. The molecular weight excluding hydrogens is 305 g/mol. The van der Waals surface area contributed by atoms with Gasteiger partial charge in [-0.1, -0.05) is 6.07 Å². The summed E-state index contributed by atoms with van der Waals surface area (Å²) < 4.78 is 14.8. The number of pyridine rings is 2.